The van der Waals surface area contributed by atoms with Crippen molar-refractivity contribution in [2.75, 3.05) is 0 Å². The summed E-state index contributed by atoms with van der Waals surface area (Å²) in [5, 5.41) is 0. The summed E-state index contributed by atoms with van der Waals surface area (Å²) in [6.45, 7) is 11.2. The van der Waals surface area contributed by atoms with Crippen LogP contribution >= 0.6 is 0 Å². The van der Waals surface area contributed by atoms with E-state index < -0.39 is 0 Å². The first-order chi connectivity index (χ1) is 5.50. The minimum absolute atomic E-state index is 0.0260. The van der Waals surface area contributed by atoms with Gasteiger partial charge in [-0.3, -0.25) is 0 Å². The maximum absolute atomic E-state index is 6.34. The van der Waals surface area contributed by atoms with Crippen LogP contribution in [0.5, 0.6) is 0 Å². The molecule has 0 radical (unpaired) electrons. The van der Waals surface area contributed by atoms with Crippen molar-refractivity contribution in [3.8, 4) is 0 Å². The molecule has 0 heterocycles. The van der Waals surface area contributed by atoms with Crippen LogP contribution in [0.4, 0.5) is 0 Å². The fourth-order valence-electron chi connectivity index (χ4n) is 2.01. The Morgan fingerprint density at radius 3 is 1.75 bits per heavy atom. The topological polar surface area (TPSA) is 26.0 Å². The van der Waals surface area contributed by atoms with Gasteiger partial charge in [-0.1, -0.05) is 47.0 Å². The zero-order chi connectivity index (χ0) is 9.78. The summed E-state index contributed by atoms with van der Waals surface area (Å²) < 4.78 is 0. The number of hydrogen-bond donors (Lipinski definition) is 1. The van der Waals surface area contributed by atoms with Crippen molar-refractivity contribution >= 4 is 0 Å². The molecule has 2 unspecified atom stereocenters. The van der Waals surface area contributed by atoms with Gasteiger partial charge >= 0.3 is 0 Å². The average Bonchev–Trinajstić information content (AvgIpc) is 2.04. The molecule has 0 fully saturated rings. The first kappa shape index (κ1) is 12.0. The molecule has 0 aliphatic heterocycles. The third-order valence-corrected chi connectivity index (χ3v) is 3.54. The molecular weight excluding hydrogens is 146 g/mol. The molecule has 1 nitrogen and oxygen atoms in total. The largest absolute Gasteiger partial charge is 0.325 e. The standard InChI is InChI=1S/C11H25N/c1-6-9(4)11(5,12)10(7-2)8-3/h9-10H,6-8,12H2,1-5H3. The van der Waals surface area contributed by atoms with E-state index in [0.29, 0.717) is 11.8 Å². The van der Waals surface area contributed by atoms with Gasteiger partial charge in [0.2, 0.25) is 0 Å². The summed E-state index contributed by atoms with van der Waals surface area (Å²) in [6.07, 6.45) is 3.59. The first-order valence-corrected chi connectivity index (χ1v) is 5.29. The summed E-state index contributed by atoms with van der Waals surface area (Å²) in [4.78, 5) is 0. The van der Waals surface area contributed by atoms with Crippen LogP contribution in [0.2, 0.25) is 0 Å². The van der Waals surface area contributed by atoms with Crippen LogP contribution in [0.25, 0.3) is 0 Å². The molecule has 12 heavy (non-hydrogen) atoms. The van der Waals surface area contributed by atoms with Crippen molar-refractivity contribution in [3.63, 3.8) is 0 Å². The molecule has 0 spiro atoms. The smallest absolute Gasteiger partial charge is 0.0179 e. The van der Waals surface area contributed by atoms with Gasteiger partial charge in [0.1, 0.15) is 0 Å². The van der Waals surface area contributed by atoms with E-state index >= 15 is 0 Å². The molecule has 0 saturated heterocycles. The zero-order valence-electron chi connectivity index (χ0n) is 9.35. The van der Waals surface area contributed by atoms with Crippen molar-refractivity contribution in [2.24, 2.45) is 17.6 Å². The van der Waals surface area contributed by atoms with Crippen molar-refractivity contribution in [1.29, 1.82) is 0 Å². The van der Waals surface area contributed by atoms with E-state index in [1.54, 1.807) is 0 Å². The van der Waals surface area contributed by atoms with Gasteiger partial charge < -0.3 is 5.73 Å². The Bertz CT molecular complexity index is 114. The zero-order valence-corrected chi connectivity index (χ0v) is 9.35. The molecule has 1 heteroatoms. The highest BCUT2D eigenvalue weighted by atomic mass is 14.8. The molecule has 0 saturated carbocycles. The monoisotopic (exact) mass is 171 g/mol. The molecule has 0 aromatic carbocycles. The van der Waals surface area contributed by atoms with E-state index in [4.69, 9.17) is 5.73 Å². The van der Waals surface area contributed by atoms with Crippen molar-refractivity contribution < 1.29 is 0 Å². The Labute approximate surface area is 77.7 Å². The molecule has 2 N–H and O–H groups in total. The van der Waals surface area contributed by atoms with Crippen LogP contribution in [0.15, 0.2) is 0 Å². The lowest BCUT2D eigenvalue weighted by Gasteiger charge is -2.38. The van der Waals surface area contributed by atoms with Crippen LogP contribution in [0.3, 0.4) is 0 Å². The van der Waals surface area contributed by atoms with E-state index in [9.17, 15) is 0 Å². The van der Waals surface area contributed by atoms with Gasteiger partial charge in [-0.25, -0.2) is 0 Å². The second-order valence-corrected chi connectivity index (χ2v) is 4.19. The Balaban J connectivity index is 4.33. The highest BCUT2D eigenvalue weighted by Crippen LogP contribution is 2.30. The molecule has 0 aromatic rings. The molecule has 0 aliphatic carbocycles. The van der Waals surface area contributed by atoms with Gasteiger partial charge in [-0.2, -0.15) is 0 Å². The predicted molar refractivity (Wildman–Crippen MR) is 56.1 cm³/mol. The highest BCUT2D eigenvalue weighted by molar-refractivity contribution is 4.89. The summed E-state index contributed by atoms with van der Waals surface area (Å²) >= 11 is 0. The van der Waals surface area contributed by atoms with E-state index in [0.717, 1.165) is 0 Å². The predicted octanol–water partition coefficient (Wildman–Crippen LogP) is 3.19. The molecule has 0 amide bonds. The fourth-order valence-corrected chi connectivity index (χ4v) is 2.01. The van der Waals surface area contributed by atoms with Crippen molar-refractivity contribution in [3.05, 3.63) is 0 Å². The van der Waals surface area contributed by atoms with Crippen LogP contribution < -0.4 is 5.73 Å². The van der Waals surface area contributed by atoms with E-state index in [-0.39, 0.29) is 5.54 Å². The van der Waals surface area contributed by atoms with Crippen LogP contribution in [-0.2, 0) is 0 Å². The molecular formula is C11H25N. The molecule has 74 valence electrons. The lowest BCUT2D eigenvalue weighted by molar-refractivity contribution is 0.190. The maximum Gasteiger partial charge on any atom is 0.0179 e. The second kappa shape index (κ2) is 4.86. The van der Waals surface area contributed by atoms with Crippen LogP contribution in [-0.4, -0.2) is 5.54 Å². The van der Waals surface area contributed by atoms with Gasteiger partial charge in [0.05, 0.1) is 0 Å². The second-order valence-electron chi connectivity index (χ2n) is 4.19. The number of hydrogen-bond acceptors (Lipinski definition) is 1. The Hall–Kier alpha value is -0.0400. The third kappa shape index (κ3) is 2.48. The fraction of sp³-hybridized carbons (Fsp3) is 1.00. The lowest BCUT2D eigenvalue weighted by Crippen LogP contribution is -2.49. The van der Waals surface area contributed by atoms with Crippen LogP contribution in [0, 0.1) is 11.8 Å². The Morgan fingerprint density at radius 2 is 1.50 bits per heavy atom. The van der Waals surface area contributed by atoms with Gasteiger partial charge in [0, 0.05) is 5.54 Å². The highest BCUT2D eigenvalue weighted by Gasteiger charge is 2.31. The molecule has 0 aliphatic rings. The van der Waals surface area contributed by atoms with E-state index in [1.165, 1.54) is 19.3 Å². The van der Waals surface area contributed by atoms with Crippen molar-refractivity contribution in [1.82, 2.24) is 0 Å². The van der Waals surface area contributed by atoms with Gasteiger partial charge in [-0.15, -0.1) is 0 Å². The quantitative estimate of drug-likeness (QED) is 0.675. The molecule has 0 bridgehead atoms. The summed E-state index contributed by atoms with van der Waals surface area (Å²) in [6, 6.07) is 0. The summed E-state index contributed by atoms with van der Waals surface area (Å²) in [5.41, 5.74) is 6.36. The van der Waals surface area contributed by atoms with Gasteiger partial charge in [0.15, 0.2) is 0 Å². The number of rotatable bonds is 5. The molecule has 0 aromatic heterocycles. The minimum atomic E-state index is 0.0260. The summed E-state index contributed by atoms with van der Waals surface area (Å²) in [5.74, 6) is 1.30. The number of nitrogens with two attached hydrogens (primary N) is 1. The maximum atomic E-state index is 6.34. The van der Waals surface area contributed by atoms with Gasteiger partial charge in [0.25, 0.3) is 0 Å². The van der Waals surface area contributed by atoms with E-state index in [1.807, 2.05) is 0 Å². The summed E-state index contributed by atoms with van der Waals surface area (Å²) in [7, 11) is 0. The van der Waals surface area contributed by atoms with Gasteiger partial charge in [-0.05, 0) is 18.8 Å². The SMILES string of the molecule is CCC(C)C(C)(N)C(CC)CC. The first-order valence-electron chi connectivity index (χ1n) is 5.29. The minimum Gasteiger partial charge on any atom is -0.325 e. The lowest BCUT2D eigenvalue weighted by atomic mass is 9.73. The average molecular weight is 171 g/mol. The Morgan fingerprint density at radius 1 is 1.08 bits per heavy atom. The third-order valence-electron chi connectivity index (χ3n) is 3.54. The molecule has 2 atom stereocenters. The normalized spacial score (nSPS) is 19.2. The molecule has 0 rings (SSSR count). The van der Waals surface area contributed by atoms with E-state index in [2.05, 4.69) is 34.6 Å². The van der Waals surface area contributed by atoms with Crippen LogP contribution in [0.1, 0.15) is 53.9 Å². The Kier molecular flexibility index (Phi) is 4.84. The van der Waals surface area contributed by atoms with Crippen molar-refractivity contribution in [2.45, 2.75) is 59.4 Å².